The van der Waals surface area contributed by atoms with Gasteiger partial charge in [-0.05, 0) is 25.8 Å². The number of carboxylic acids is 1. The maximum absolute atomic E-state index is 11.9. The van der Waals surface area contributed by atoms with E-state index in [1.165, 1.54) is 19.2 Å². The molecule has 2 atom stereocenters. The Hall–Kier alpha value is -1.89. The number of hydrogen-bond acceptors (Lipinski definition) is 4. The van der Waals surface area contributed by atoms with E-state index < -0.39 is 12.0 Å². The van der Waals surface area contributed by atoms with Crippen LogP contribution < -0.4 is 10.6 Å². The van der Waals surface area contributed by atoms with Crippen LogP contribution in [-0.2, 0) is 16.0 Å². The molecule has 1 fully saturated rings. The molecule has 21 heavy (non-hydrogen) atoms. The maximum Gasteiger partial charge on any atom is 0.326 e. The first kappa shape index (κ1) is 15.5. The molecule has 116 valence electrons. The van der Waals surface area contributed by atoms with E-state index in [2.05, 4.69) is 20.6 Å². The van der Waals surface area contributed by atoms with Gasteiger partial charge in [-0.2, -0.15) is 0 Å². The van der Waals surface area contributed by atoms with Crippen LogP contribution >= 0.6 is 0 Å². The number of aliphatic carboxylic acids is 1. The number of hydrogen-bond donors (Lipinski definition) is 4. The maximum atomic E-state index is 11.9. The molecule has 0 bridgehead atoms. The molecular weight excluding hydrogens is 272 g/mol. The van der Waals surface area contributed by atoms with Crippen molar-refractivity contribution < 1.29 is 14.7 Å². The van der Waals surface area contributed by atoms with Gasteiger partial charge in [0.2, 0.25) is 5.91 Å². The lowest BCUT2D eigenvalue weighted by atomic mass is 10.0. The summed E-state index contributed by atoms with van der Waals surface area (Å²) in [6, 6.07) is -0.544. The minimum atomic E-state index is -1.03. The molecule has 0 radical (unpaired) electrons. The van der Waals surface area contributed by atoms with Gasteiger partial charge in [0.05, 0.1) is 6.33 Å². The summed E-state index contributed by atoms with van der Waals surface area (Å²) in [5.41, 5.74) is 0.691. The highest BCUT2D eigenvalue weighted by molar-refractivity contribution is 5.83. The van der Waals surface area contributed by atoms with Crippen molar-refractivity contribution in [3.8, 4) is 0 Å². The Bertz CT molecular complexity index is 455. The summed E-state index contributed by atoms with van der Waals surface area (Å²) < 4.78 is 0. The van der Waals surface area contributed by atoms with Crippen molar-refractivity contribution in [3.63, 3.8) is 0 Å². The zero-order chi connectivity index (χ0) is 15.1. The molecule has 7 heteroatoms. The molecule has 1 saturated heterocycles. The molecule has 1 aliphatic rings. The number of nitrogens with zero attached hydrogens (tertiary/aromatic N) is 1. The number of aromatic amines is 1. The predicted octanol–water partition coefficient (Wildman–Crippen LogP) is 0.444. The monoisotopic (exact) mass is 294 g/mol. The lowest BCUT2D eigenvalue weighted by Gasteiger charge is -2.23. The van der Waals surface area contributed by atoms with Gasteiger partial charge in [0.15, 0.2) is 0 Å². The fraction of sp³-hybridized carbons (Fsp3) is 0.643. The first-order valence-electron chi connectivity index (χ1n) is 7.38. The van der Waals surface area contributed by atoms with E-state index in [9.17, 15) is 14.7 Å². The summed E-state index contributed by atoms with van der Waals surface area (Å²) in [6.45, 7) is 1.00. The first-order valence-corrected chi connectivity index (χ1v) is 7.38. The molecule has 4 N–H and O–H groups in total. The standard InChI is InChI=1S/C14H22N4O3/c19-13(5-4-10-3-1-2-6-16-10)18-12(14(20)21)7-11-8-15-9-17-11/h8-10,12,16H,1-7H2,(H,15,17)(H,18,19)(H,20,21)/t10?,12-/m1/s1. The van der Waals surface area contributed by atoms with Crippen molar-refractivity contribution in [2.24, 2.45) is 0 Å². The van der Waals surface area contributed by atoms with Gasteiger partial charge >= 0.3 is 5.97 Å². The number of carbonyl (C=O) groups excluding carboxylic acids is 1. The zero-order valence-corrected chi connectivity index (χ0v) is 12.0. The molecule has 1 amide bonds. The van der Waals surface area contributed by atoms with Crippen LogP contribution in [0, 0.1) is 0 Å². The number of H-pyrrole nitrogens is 1. The number of amides is 1. The van der Waals surface area contributed by atoms with Crippen molar-refractivity contribution in [1.29, 1.82) is 0 Å². The third-order valence-corrected chi connectivity index (χ3v) is 3.74. The van der Waals surface area contributed by atoms with Crippen molar-refractivity contribution in [2.75, 3.05) is 6.54 Å². The average molecular weight is 294 g/mol. The number of carboxylic acid groups (broad SMARTS) is 1. The second-order valence-electron chi connectivity index (χ2n) is 5.42. The van der Waals surface area contributed by atoms with Crippen LogP contribution in [0.2, 0.25) is 0 Å². The van der Waals surface area contributed by atoms with Crippen LogP contribution in [0.5, 0.6) is 0 Å². The lowest BCUT2D eigenvalue weighted by molar-refractivity contribution is -0.141. The minimum Gasteiger partial charge on any atom is -0.480 e. The van der Waals surface area contributed by atoms with Crippen molar-refractivity contribution in [3.05, 3.63) is 18.2 Å². The molecular formula is C14H22N4O3. The first-order chi connectivity index (χ1) is 10.1. The van der Waals surface area contributed by atoms with E-state index in [1.54, 1.807) is 6.20 Å². The Morgan fingerprint density at radius 1 is 1.48 bits per heavy atom. The molecule has 1 unspecified atom stereocenters. The Balaban J connectivity index is 1.76. The van der Waals surface area contributed by atoms with E-state index in [-0.39, 0.29) is 12.3 Å². The number of piperidine rings is 1. The summed E-state index contributed by atoms with van der Waals surface area (Å²) in [5, 5.41) is 15.1. The average Bonchev–Trinajstić information content (AvgIpc) is 2.98. The highest BCUT2D eigenvalue weighted by atomic mass is 16.4. The number of imidazole rings is 1. The number of rotatable bonds is 7. The summed E-state index contributed by atoms with van der Waals surface area (Å²) in [4.78, 5) is 29.8. The SMILES string of the molecule is O=C(CCC1CCCCN1)N[C@H](Cc1cnc[nH]1)C(=O)O. The molecule has 0 aliphatic carbocycles. The predicted molar refractivity (Wildman–Crippen MR) is 76.7 cm³/mol. The largest absolute Gasteiger partial charge is 0.480 e. The molecule has 2 rings (SSSR count). The van der Waals surface area contributed by atoms with Gasteiger partial charge in [-0.3, -0.25) is 4.79 Å². The molecule has 1 aromatic rings. The molecule has 0 saturated carbocycles. The van der Waals surface area contributed by atoms with Crippen molar-refractivity contribution in [1.82, 2.24) is 20.6 Å². The smallest absolute Gasteiger partial charge is 0.326 e. The summed E-state index contributed by atoms with van der Waals surface area (Å²) >= 11 is 0. The van der Waals surface area contributed by atoms with Crippen molar-refractivity contribution in [2.45, 2.75) is 50.6 Å². The Labute approximate surface area is 123 Å². The fourth-order valence-electron chi connectivity index (χ4n) is 2.56. The van der Waals surface area contributed by atoms with Crippen LogP contribution in [0.4, 0.5) is 0 Å². The highest BCUT2D eigenvalue weighted by Gasteiger charge is 2.21. The van der Waals surface area contributed by atoms with Gasteiger partial charge in [0, 0.05) is 30.8 Å². The zero-order valence-electron chi connectivity index (χ0n) is 12.0. The summed E-state index contributed by atoms with van der Waals surface area (Å²) in [5.74, 6) is -1.25. The van der Waals surface area contributed by atoms with E-state index in [0.29, 0.717) is 18.2 Å². The molecule has 1 aliphatic heterocycles. The van der Waals surface area contributed by atoms with Crippen LogP contribution in [0.25, 0.3) is 0 Å². The van der Waals surface area contributed by atoms with E-state index >= 15 is 0 Å². The van der Waals surface area contributed by atoms with E-state index in [1.807, 2.05) is 0 Å². The topological polar surface area (TPSA) is 107 Å². The molecule has 1 aromatic heterocycles. The summed E-state index contributed by atoms with van der Waals surface area (Å²) in [6.07, 6.45) is 7.84. The van der Waals surface area contributed by atoms with Gasteiger partial charge < -0.3 is 20.7 Å². The third-order valence-electron chi connectivity index (χ3n) is 3.74. The van der Waals surface area contributed by atoms with Crippen LogP contribution in [0.15, 0.2) is 12.5 Å². The number of nitrogens with one attached hydrogen (secondary N) is 3. The molecule has 0 aromatic carbocycles. The Morgan fingerprint density at radius 2 is 2.33 bits per heavy atom. The minimum absolute atomic E-state index is 0.211. The Morgan fingerprint density at radius 3 is 2.95 bits per heavy atom. The highest BCUT2D eigenvalue weighted by Crippen LogP contribution is 2.11. The van der Waals surface area contributed by atoms with Crippen molar-refractivity contribution >= 4 is 11.9 Å². The lowest BCUT2D eigenvalue weighted by Crippen LogP contribution is -2.43. The summed E-state index contributed by atoms with van der Waals surface area (Å²) in [7, 11) is 0. The van der Waals surface area contributed by atoms with Gasteiger partial charge in [-0.15, -0.1) is 0 Å². The van der Waals surface area contributed by atoms with Crippen LogP contribution in [0.1, 0.15) is 37.8 Å². The second kappa shape index (κ2) is 7.78. The Kier molecular flexibility index (Phi) is 5.74. The molecule has 0 spiro atoms. The van der Waals surface area contributed by atoms with Gasteiger partial charge in [0.1, 0.15) is 6.04 Å². The molecule has 7 nitrogen and oxygen atoms in total. The third kappa shape index (κ3) is 5.18. The van der Waals surface area contributed by atoms with E-state index in [4.69, 9.17) is 0 Å². The molecule has 2 heterocycles. The second-order valence-corrected chi connectivity index (χ2v) is 5.42. The van der Waals surface area contributed by atoms with Crippen LogP contribution in [0.3, 0.4) is 0 Å². The van der Waals surface area contributed by atoms with Gasteiger partial charge in [-0.1, -0.05) is 6.42 Å². The fourth-order valence-corrected chi connectivity index (χ4v) is 2.56. The number of carbonyl (C=O) groups is 2. The van der Waals surface area contributed by atoms with Gasteiger partial charge in [0.25, 0.3) is 0 Å². The normalized spacial score (nSPS) is 19.9. The quantitative estimate of drug-likeness (QED) is 0.584. The number of aromatic nitrogens is 2. The van der Waals surface area contributed by atoms with E-state index in [0.717, 1.165) is 19.4 Å². The van der Waals surface area contributed by atoms with Gasteiger partial charge in [-0.25, -0.2) is 9.78 Å². The van der Waals surface area contributed by atoms with Crippen LogP contribution in [-0.4, -0.2) is 45.6 Å².